The van der Waals surface area contributed by atoms with Crippen LogP contribution in [0.25, 0.3) is 4.85 Å². The first-order valence-corrected chi connectivity index (χ1v) is 6.65. The van der Waals surface area contributed by atoms with E-state index in [9.17, 15) is 0 Å². The highest BCUT2D eigenvalue weighted by molar-refractivity contribution is 7.98. The Morgan fingerprint density at radius 1 is 1.44 bits per heavy atom. The van der Waals surface area contributed by atoms with Crippen LogP contribution in [0, 0.1) is 13.5 Å². The Morgan fingerprint density at radius 3 is 2.78 bits per heavy atom. The molecule has 18 heavy (non-hydrogen) atoms. The third kappa shape index (κ3) is 2.58. The molecule has 2 N–H and O–H groups in total. The molecule has 0 atom stereocenters. The molecule has 2 heterocycles. The smallest absolute Gasteiger partial charge is 0.226 e. The van der Waals surface area contributed by atoms with Gasteiger partial charge >= 0.3 is 0 Å². The third-order valence-electron chi connectivity index (χ3n) is 2.28. The van der Waals surface area contributed by atoms with Crippen molar-refractivity contribution in [3.63, 3.8) is 0 Å². The van der Waals surface area contributed by atoms with Crippen LogP contribution < -0.4 is 5.32 Å². The van der Waals surface area contributed by atoms with Gasteiger partial charge in [-0.1, -0.05) is 11.6 Å². The van der Waals surface area contributed by atoms with E-state index < -0.39 is 0 Å². The van der Waals surface area contributed by atoms with Crippen molar-refractivity contribution in [2.24, 2.45) is 0 Å². The first-order valence-electron chi connectivity index (χ1n) is 5.05. The zero-order valence-electron chi connectivity index (χ0n) is 9.78. The number of H-pyrrole nitrogens is 1. The summed E-state index contributed by atoms with van der Waals surface area (Å²) < 4.78 is 0. The molecule has 0 saturated heterocycles. The number of hydrogen-bond donors (Lipinski definition) is 2. The van der Waals surface area contributed by atoms with Gasteiger partial charge in [-0.05, 0) is 24.8 Å². The molecule has 0 spiro atoms. The lowest BCUT2D eigenvalue weighted by Gasteiger charge is -2.05. The number of aromatic nitrogens is 3. The van der Waals surface area contributed by atoms with Gasteiger partial charge in [-0.25, -0.2) is 9.83 Å². The van der Waals surface area contributed by atoms with Gasteiger partial charge in [0.25, 0.3) is 0 Å². The highest BCUT2D eigenvalue weighted by Crippen LogP contribution is 2.30. The molecular formula is C11H10ClN5S. The third-order valence-corrected chi connectivity index (χ3v) is 3.20. The maximum absolute atomic E-state index is 7.01. The quantitative estimate of drug-likeness (QED) is 0.510. The number of aromatic amines is 1. The highest BCUT2D eigenvalue weighted by atomic mass is 35.5. The molecule has 0 amide bonds. The van der Waals surface area contributed by atoms with E-state index in [0.717, 1.165) is 10.6 Å². The van der Waals surface area contributed by atoms with Crippen LogP contribution >= 0.6 is 23.4 Å². The molecule has 5 nitrogen and oxygen atoms in total. The average molecular weight is 280 g/mol. The van der Waals surface area contributed by atoms with Crippen molar-refractivity contribution in [3.05, 3.63) is 34.3 Å². The van der Waals surface area contributed by atoms with Crippen LogP contribution in [-0.4, -0.2) is 21.4 Å². The van der Waals surface area contributed by atoms with Crippen LogP contribution in [0.5, 0.6) is 0 Å². The molecule has 7 heteroatoms. The first kappa shape index (κ1) is 12.7. The summed E-state index contributed by atoms with van der Waals surface area (Å²) in [6, 6.07) is 3.64. The number of hydrogen-bond acceptors (Lipinski definition) is 4. The number of aryl methyl sites for hydroxylation is 1. The predicted molar refractivity (Wildman–Crippen MR) is 73.9 cm³/mol. The number of anilines is 2. The van der Waals surface area contributed by atoms with Gasteiger partial charge in [0.05, 0.1) is 11.6 Å². The summed E-state index contributed by atoms with van der Waals surface area (Å²) in [5, 5.41) is 11.1. The molecule has 0 aromatic carbocycles. The number of halogens is 1. The predicted octanol–water partition coefficient (Wildman–Crippen LogP) is 3.78. The van der Waals surface area contributed by atoms with Crippen molar-refractivity contribution < 1.29 is 0 Å². The van der Waals surface area contributed by atoms with Gasteiger partial charge in [0.1, 0.15) is 11.0 Å². The van der Waals surface area contributed by atoms with E-state index in [2.05, 4.69) is 25.3 Å². The van der Waals surface area contributed by atoms with E-state index in [1.165, 1.54) is 0 Å². The fourth-order valence-corrected chi connectivity index (χ4v) is 2.08. The first-order chi connectivity index (χ1) is 8.63. The standard InChI is InChI=1S/C11H10ClN5S/c1-6-4-7(15-11(12)10(6)13-2)14-8-5-9(18-3)17-16-8/h4-5H,1,3H3,(H2,14,15,16,17). The molecule has 0 fully saturated rings. The Morgan fingerprint density at radius 2 is 2.22 bits per heavy atom. The fourth-order valence-electron chi connectivity index (χ4n) is 1.43. The molecular weight excluding hydrogens is 270 g/mol. The summed E-state index contributed by atoms with van der Waals surface area (Å²) in [5.74, 6) is 1.24. The van der Waals surface area contributed by atoms with Gasteiger partial charge in [-0.3, -0.25) is 5.10 Å². The van der Waals surface area contributed by atoms with E-state index in [-0.39, 0.29) is 5.15 Å². The lowest BCUT2D eigenvalue weighted by Crippen LogP contribution is -1.95. The minimum atomic E-state index is 0.202. The van der Waals surface area contributed by atoms with E-state index in [1.807, 2.05) is 19.2 Å². The Hall–Kier alpha value is -1.71. The van der Waals surface area contributed by atoms with Crippen LogP contribution in [-0.2, 0) is 0 Å². The minimum Gasteiger partial charge on any atom is -0.323 e. The Labute approximate surface area is 114 Å². The van der Waals surface area contributed by atoms with Gasteiger partial charge in [0.2, 0.25) is 5.69 Å². The summed E-state index contributed by atoms with van der Waals surface area (Å²) in [5.41, 5.74) is 1.17. The molecule has 92 valence electrons. The largest absolute Gasteiger partial charge is 0.323 e. The second-order valence-electron chi connectivity index (χ2n) is 3.52. The lowest BCUT2D eigenvalue weighted by molar-refractivity contribution is 1.01. The normalized spacial score (nSPS) is 10.1. The van der Waals surface area contributed by atoms with Gasteiger partial charge in [0.15, 0.2) is 5.82 Å². The van der Waals surface area contributed by atoms with E-state index in [4.69, 9.17) is 18.2 Å². The second kappa shape index (κ2) is 5.29. The SMILES string of the molecule is [C-]#[N+]c1c(C)cc(Nc2cc(SC)[nH]n2)nc1Cl. The van der Waals surface area contributed by atoms with Crippen molar-refractivity contribution in [1.82, 2.24) is 15.2 Å². The molecule has 0 aliphatic carbocycles. The van der Waals surface area contributed by atoms with Gasteiger partial charge in [0, 0.05) is 6.07 Å². The molecule has 0 aliphatic rings. The van der Waals surface area contributed by atoms with E-state index in [0.29, 0.717) is 17.3 Å². The van der Waals surface area contributed by atoms with Crippen molar-refractivity contribution in [2.75, 3.05) is 11.6 Å². The zero-order valence-corrected chi connectivity index (χ0v) is 11.4. The van der Waals surface area contributed by atoms with Crippen molar-refractivity contribution in [2.45, 2.75) is 11.9 Å². The summed E-state index contributed by atoms with van der Waals surface area (Å²) in [6.45, 7) is 8.83. The molecule has 0 bridgehead atoms. The Bertz CT molecular complexity index is 593. The molecule has 2 rings (SSSR count). The van der Waals surface area contributed by atoms with E-state index >= 15 is 0 Å². The maximum atomic E-state index is 7.01. The topological polar surface area (TPSA) is 58.0 Å². The van der Waals surface area contributed by atoms with Crippen LogP contribution in [0.3, 0.4) is 0 Å². The number of rotatable bonds is 3. The zero-order chi connectivity index (χ0) is 13.1. The van der Waals surface area contributed by atoms with Crippen molar-refractivity contribution in [3.8, 4) is 0 Å². The maximum Gasteiger partial charge on any atom is 0.226 e. The summed E-state index contributed by atoms with van der Waals surface area (Å²) in [7, 11) is 0. The van der Waals surface area contributed by atoms with Crippen LogP contribution in [0.4, 0.5) is 17.3 Å². The van der Waals surface area contributed by atoms with Gasteiger partial charge < -0.3 is 5.32 Å². The van der Waals surface area contributed by atoms with Crippen LogP contribution in [0.1, 0.15) is 5.56 Å². The molecule has 2 aromatic heterocycles. The Balaban J connectivity index is 2.27. The monoisotopic (exact) mass is 279 g/mol. The highest BCUT2D eigenvalue weighted by Gasteiger charge is 2.09. The molecule has 0 aliphatic heterocycles. The number of thioether (sulfide) groups is 1. The second-order valence-corrected chi connectivity index (χ2v) is 4.73. The molecule has 0 unspecified atom stereocenters. The summed E-state index contributed by atoms with van der Waals surface area (Å²) in [6.07, 6.45) is 1.96. The summed E-state index contributed by atoms with van der Waals surface area (Å²) in [4.78, 5) is 7.45. The molecule has 0 radical (unpaired) electrons. The molecule has 0 saturated carbocycles. The summed E-state index contributed by atoms with van der Waals surface area (Å²) >= 11 is 7.50. The van der Waals surface area contributed by atoms with Gasteiger partial charge in [-0.15, -0.1) is 11.8 Å². The van der Waals surface area contributed by atoms with Gasteiger partial charge in [-0.2, -0.15) is 5.10 Å². The lowest BCUT2D eigenvalue weighted by atomic mass is 10.2. The van der Waals surface area contributed by atoms with Crippen molar-refractivity contribution >= 4 is 40.7 Å². The fraction of sp³-hybridized carbons (Fsp3) is 0.182. The van der Waals surface area contributed by atoms with E-state index in [1.54, 1.807) is 17.8 Å². The minimum absolute atomic E-state index is 0.202. The number of pyridine rings is 1. The number of nitrogens with zero attached hydrogens (tertiary/aromatic N) is 3. The molecule has 2 aromatic rings. The number of nitrogens with one attached hydrogen (secondary N) is 2. The van der Waals surface area contributed by atoms with Crippen LogP contribution in [0.15, 0.2) is 17.2 Å². The average Bonchev–Trinajstić information content (AvgIpc) is 2.76. The van der Waals surface area contributed by atoms with Crippen molar-refractivity contribution in [1.29, 1.82) is 0 Å². The van der Waals surface area contributed by atoms with Crippen LogP contribution in [0.2, 0.25) is 5.15 Å². The Kier molecular flexibility index (Phi) is 3.75.